The molecule has 2 N–H and O–H groups in total. The number of hydrogen-bond donors (Lipinski definition) is 1. The van der Waals surface area contributed by atoms with Crippen molar-refractivity contribution in [2.24, 2.45) is 16.6 Å². The molecule has 4 nitrogen and oxygen atoms in total. The molecule has 0 aromatic heterocycles. The molecule has 2 unspecified atom stereocenters. The van der Waals surface area contributed by atoms with Crippen LogP contribution in [0.5, 0.6) is 0 Å². The third kappa shape index (κ3) is 2.12. The molecule has 2 rings (SSSR count). The van der Waals surface area contributed by atoms with Gasteiger partial charge in [-0.05, 0) is 11.8 Å². The summed E-state index contributed by atoms with van der Waals surface area (Å²) in [7, 11) is 1.68. The van der Waals surface area contributed by atoms with Crippen molar-refractivity contribution in [2.75, 3.05) is 12.8 Å². The van der Waals surface area contributed by atoms with Gasteiger partial charge in [-0.2, -0.15) is 0 Å². The molecular weight excluding hydrogens is 302 g/mol. The van der Waals surface area contributed by atoms with Gasteiger partial charge in [0, 0.05) is 23.2 Å². The Hall–Kier alpha value is -0.490. The van der Waals surface area contributed by atoms with Crippen LogP contribution in [0.25, 0.3) is 0 Å². The maximum absolute atomic E-state index is 12.0. The fourth-order valence-electron chi connectivity index (χ4n) is 2.30. The van der Waals surface area contributed by atoms with Crippen molar-refractivity contribution in [2.45, 2.75) is 25.3 Å². The van der Waals surface area contributed by atoms with Gasteiger partial charge in [0.2, 0.25) is 5.91 Å². The summed E-state index contributed by atoms with van der Waals surface area (Å²) in [6.45, 7) is 2.07. The lowest BCUT2D eigenvalue weighted by Gasteiger charge is -2.39. The van der Waals surface area contributed by atoms with Gasteiger partial charge >= 0.3 is 0 Å². The van der Waals surface area contributed by atoms with E-state index >= 15 is 0 Å². The number of nitrogens with two attached hydrogens (primary N) is 1. The van der Waals surface area contributed by atoms with Gasteiger partial charge in [-0.1, -0.05) is 22.9 Å². The number of amides is 1. The van der Waals surface area contributed by atoms with Crippen molar-refractivity contribution in [3.63, 3.8) is 0 Å². The largest absolute Gasteiger partial charge is 0.369 e. The number of halogens is 1. The Kier molecular flexibility index (Phi) is 3.54. The number of nitrogens with zero attached hydrogens (tertiary/aromatic N) is 2. The molecule has 0 saturated carbocycles. The lowest BCUT2D eigenvalue weighted by molar-refractivity contribution is -0.129. The second-order valence-electron chi connectivity index (χ2n) is 4.45. The summed E-state index contributed by atoms with van der Waals surface area (Å²) in [6, 6.07) is 0. The van der Waals surface area contributed by atoms with Crippen LogP contribution < -0.4 is 5.73 Å². The van der Waals surface area contributed by atoms with Crippen LogP contribution >= 0.6 is 27.7 Å². The number of rotatable bonds is 2. The van der Waals surface area contributed by atoms with Gasteiger partial charge in [0.25, 0.3) is 0 Å². The van der Waals surface area contributed by atoms with Crippen LogP contribution in [0.15, 0.2) is 14.9 Å². The molecule has 6 heteroatoms. The number of thioether (sulfide) groups is 1. The van der Waals surface area contributed by atoms with E-state index in [4.69, 9.17) is 5.73 Å². The third-order valence-corrected chi connectivity index (χ3v) is 5.60. The van der Waals surface area contributed by atoms with Gasteiger partial charge in [0.1, 0.15) is 0 Å². The SMILES string of the molecule is CCC1(C2CSC=C2Br)CC(=O)N(C)C(N)=N1. The molecule has 0 fully saturated rings. The molecule has 0 aliphatic carbocycles. The van der Waals surface area contributed by atoms with Crippen LogP contribution in [0.3, 0.4) is 0 Å². The molecule has 0 spiro atoms. The summed E-state index contributed by atoms with van der Waals surface area (Å²) >= 11 is 5.33. The highest BCUT2D eigenvalue weighted by atomic mass is 79.9. The van der Waals surface area contributed by atoms with Crippen molar-refractivity contribution in [1.29, 1.82) is 0 Å². The van der Waals surface area contributed by atoms with Gasteiger partial charge in [-0.15, -0.1) is 11.8 Å². The van der Waals surface area contributed by atoms with E-state index in [2.05, 4.69) is 33.3 Å². The smallest absolute Gasteiger partial charge is 0.231 e. The van der Waals surface area contributed by atoms with E-state index in [0.29, 0.717) is 12.4 Å². The van der Waals surface area contributed by atoms with Crippen LogP contribution in [0.1, 0.15) is 19.8 Å². The summed E-state index contributed by atoms with van der Waals surface area (Å²) < 4.78 is 1.14. The normalized spacial score (nSPS) is 33.7. The molecule has 17 heavy (non-hydrogen) atoms. The van der Waals surface area contributed by atoms with Crippen LogP contribution in [-0.2, 0) is 4.79 Å². The van der Waals surface area contributed by atoms with Crippen LogP contribution in [0.2, 0.25) is 0 Å². The predicted octanol–water partition coefficient (Wildman–Crippen LogP) is 1.91. The van der Waals surface area contributed by atoms with Crippen LogP contribution in [-0.4, -0.2) is 35.1 Å². The highest BCUT2D eigenvalue weighted by Crippen LogP contribution is 2.45. The van der Waals surface area contributed by atoms with Gasteiger partial charge in [0.15, 0.2) is 5.96 Å². The molecule has 0 saturated heterocycles. The Morgan fingerprint density at radius 2 is 2.47 bits per heavy atom. The maximum atomic E-state index is 12.0. The van der Waals surface area contributed by atoms with E-state index in [1.165, 1.54) is 4.90 Å². The fraction of sp³-hybridized carbons (Fsp3) is 0.636. The molecule has 2 aliphatic heterocycles. The molecule has 0 bridgehead atoms. The predicted molar refractivity (Wildman–Crippen MR) is 75.0 cm³/mol. The second kappa shape index (κ2) is 4.65. The molecule has 0 aromatic rings. The second-order valence-corrected chi connectivity index (χ2v) is 6.26. The topological polar surface area (TPSA) is 58.7 Å². The highest BCUT2D eigenvalue weighted by Gasteiger charge is 2.45. The van der Waals surface area contributed by atoms with Crippen molar-refractivity contribution < 1.29 is 4.79 Å². The van der Waals surface area contributed by atoms with Crippen molar-refractivity contribution in [1.82, 2.24) is 4.90 Å². The number of carbonyl (C=O) groups is 1. The molecule has 2 aliphatic rings. The Balaban J connectivity index is 2.38. The molecule has 1 amide bonds. The molecule has 2 heterocycles. The highest BCUT2D eigenvalue weighted by molar-refractivity contribution is 9.11. The number of carbonyl (C=O) groups excluding carboxylic acids is 1. The van der Waals surface area contributed by atoms with E-state index in [0.717, 1.165) is 16.7 Å². The summed E-state index contributed by atoms with van der Waals surface area (Å²) in [5.41, 5.74) is 5.48. The zero-order chi connectivity index (χ0) is 12.6. The first-order valence-corrected chi connectivity index (χ1v) is 7.43. The average molecular weight is 318 g/mol. The first kappa shape index (κ1) is 13.0. The zero-order valence-electron chi connectivity index (χ0n) is 9.94. The quantitative estimate of drug-likeness (QED) is 0.846. The molecule has 0 aromatic carbocycles. The minimum Gasteiger partial charge on any atom is -0.369 e. The van der Waals surface area contributed by atoms with E-state index in [1.54, 1.807) is 18.8 Å². The summed E-state index contributed by atoms with van der Waals surface area (Å²) in [4.78, 5) is 18.0. The van der Waals surface area contributed by atoms with E-state index in [-0.39, 0.29) is 17.4 Å². The van der Waals surface area contributed by atoms with E-state index in [1.807, 2.05) is 0 Å². The monoisotopic (exact) mass is 317 g/mol. The summed E-state index contributed by atoms with van der Waals surface area (Å²) in [6.07, 6.45) is 1.26. The lowest BCUT2D eigenvalue weighted by atomic mass is 9.79. The number of guanidine groups is 1. The summed E-state index contributed by atoms with van der Waals surface area (Å²) in [5.74, 6) is 1.60. The molecule has 0 radical (unpaired) electrons. The van der Waals surface area contributed by atoms with E-state index in [9.17, 15) is 4.79 Å². The maximum Gasteiger partial charge on any atom is 0.231 e. The summed E-state index contributed by atoms with van der Waals surface area (Å²) in [5, 5.41) is 2.09. The van der Waals surface area contributed by atoms with Gasteiger partial charge in [0.05, 0.1) is 12.0 Å². The lowest BCUT2D eigenvalue weighted by Crippen LogP contribution is -2.52. The van der Waals surface area contributed by atoms with Crippen LogP contribution in [0, 0.1) is 5.92 Å². The minimum absolute atomic E-state index is 0.0524. The van der Waals surface area contributed by atoms with Gasteiger partial charge in [-0.3, -0.25) is 9.69 Å². The molecular formula is C11H16BrN3OS. The number of aliphatic imine (C=N–C) groups is 1. The fourth-order valence-corrected chi connectivity index (χ4v) is 4.60. The number of hydrogen-bond acceptors (Lipinski definition) is 4. The van der Waals surface area contributed by atoms with Crippen molar-refractivity contribution >= 4 is 39.6 Å². The van der Waals surface area contributed by atoms with Crippen LogP contribution in [0.4, 0.5) is 0 Å². The zero-order valence-corrected chi connectivity index (χ0v) is 12.3. The first-order valence-electron chi connectivity index (χ1n) is 5.59. The van der Waals surface area contributed by atoms with Crippen molar-refractivity contribution in [3.8, 4) is 0 Å². The molecule has 2 atom stereocenters. The molecule has 94 valence electrons. The van der Waals surface area contributed by atoms with Gasteiger partial charge < -0.3 is 5.73 Å². The Morgan fingerprint density at radius 3 is 2.94 bits per heavy atom. The Labute approximate surface area is 114 Å². The van der Waals surface area contributed by atoms with E-state index < -0.39 is 0 Å². The Bertz CT molecular complexity index is 410. The van der Waals surface area contributed by atoms with Crippen molar-refractivity contribution in [3.05, 3.63) is 9.89 Å². The third-order valence-electron chi connectivity index (χ3n) is 3.56. The standard InChI is InChI=1S/C11H16BrN3OS/c1-3-11(7-5-17-6-8(7)12)4-9(16)15(2)10(13)14-11/h6-7H,3-5H2,1-2H3,(H2,13,14). The Morgan fingerprint density at radius 1 is 1.76 bits per heavy atom. The minimum atomic E-state index is -0.369. The first-order chi connectivity index (χ1) is 8.00. The van der Waals surface area contributed by atoms with Gasteiger partial charge in [-0.25, -0.2) is 4.99 Å². The average Bonchev–Trinajstić information content (AvgIpc) is 2.72.